The lowest BCUT2D eigenvalue weighted by molar-refractivity contribution is -0.150. The number of esters is 1. The van der Waals surface area contributed by atoms with Crippen LogP contribution in [0.1, 0.15) is 62.3 Å². The molecular weight excluding hydrogens is 469 g/mol. The lowest BCUT2D eigenvalue weighted by Gasteiger charge is -2.43. The van der Waals surface area contributed by atoms with Crippen molar-refractivity contribution in [3.05, 3.63) is 0 Å². The molecule has 9 heteroatoms. The van der Waals surface area contributed by atoms with Crippen molar-refractivity contribution < 1.29 is 27.9 Å². The lowest BCUT2D eigenvalue weighted by Crippen LogP contribution is -2.55. The van der Waals surface area contributed by atoms with Crippen LogP contribution in [0.2, 0.25) is 54.4 Å². The largest absolute Gasteiger partial charge is 0.455 e. The molecule has 0 amide bonds. The van der Waals surface area contributed by atoms with Crippen LogP contribution in [0.15, 0.2) is 0 Å². The van der Waals surface area contributed by atoms with Crippen molar-refractivity contribution in [2.75, 3.05) is 6.61 Å². The molecule has 1 aliphatic heterocycles. The van der Waals surface area contributed by atoms with E-state index in [9.17, 15) is 9.90 Å². The lowest BCUT2D eigenvalue weighted by atomic mass is 10.1. The molecule has 1 N–H and O–H groups in total. The van der Waals surface area contributed by atoms with Gasteiger partial charge in [0.05, 0.1) is 6.61 Å². The average Bonchev–Trinajstić information content (AvgIpc) is 2.85. The van der Waals surface area contributed by atoms with Crippen LogP contribution in [-0.2, 0) is 22.8 Å². The summed E-state index contributed by atoms with van der Waals surface area (Å²) in [5.74, 6) is -0.445. The van der Waals surface area contributed by atoms with Gasteiger partial charge in [-0.25, -0.2) is 4.79 Å². The second kappa shape index (κ2) is 9.78. The maximum atomic E-state index is 13.1. The summed E-state index contributed by atoms with van der Waals surface area (Å²) in [6.45, 7) is 32.3. The van der Waals surface area contributed by atoms with Crippen LogP contribution in [0, 0.1) is 0 Å². The Morgan fingerprint density at radius 3 is 1.58 bits per heavy atom. The Hall–Kier alpha value is -0.0394. The highest BCUT2D eigenvalue weighted by atomic mass is 28.4. The summed E-state index contributed by atoms with van der Waals surface area (Å²) in [4.78, 5) is 13.1. The molecule has 0 aliphatic carbocycles. The summed E-state index contributed by atoms with van der Waals surface area (Å²) in [6.07, 6.45) is -3.30. The first-order valence-corrected chi connectivity index (χ1v) is 20.9. The first kappa shape index (κ1) is 31.0. The molecule has 1 rings (SSSR count). The highest BCUT2D eigenvalue weighted by Crippen LogP contribution is 2.43. The van der Waals surface area contributed by atoms with Gasteiger partial charge in [-0.05, 0) is 54.4 Å². The second-order valence-corrected chi connectivity index (χ2v) is 28.5. The van der Waals surface area contributed by atoms with Crippen molar-refractivity contribution in [1.82, 2.24) is 0 Å². The highest BCUT2D eigenvalue weighted by Gasteiger charge is 2.56. The molecule has 0 spiro atoms. The number of hydrogen-bond acceptors (Lipinski definition) is 6. The van der Waals surface area contributed by atoms with E-state index in [-0.39, 0.29) is 21.7 Å². The Morgan fingerprint density at radius 1 is 0.788 bits per heavy atom. The second-order valence-electron chi connectivity index (χ2n) is 14.2. The third-order valence-electron chi connectivity index (χ3n) is 8.37. The fourth-order valence-electron chi connectivity index (χ4n) is 2.73. The van der Waals surface area contributed by atoms with Crippen molar-refractivity contribution >= 4 is 30.9 Å². The van der Waals surface area contributed by atoms with Gasteiger partial charge in [0.25, 0.3) is 0 Å². The summed E-state index contributed by atoms with van der Waals surface area (Å²) < 4.78 is 25.3. The zero-order valence-electron chi connectivity index (χ0n) is 24.0. The van der Waals surface area contributed by atoms with Gasteiger partial charge in [-0.3, -0.25) is 0 Å². The molecule has 196 valence electrons. The van der Waals surface area contributed by atoms with Crippen LogP contribution in [0.25, 0.3) is 0 Å². The van der Waals surface area contributed by atoms with Gasteiger partial charge in [-0.1, -0.05) is 62.3 Å². The van der Waals surface area contributed by atoms with E-state index in [0.29, 0.717) is 0 Å². The van der Waals surface area contributed by atoms with Gasteiger partial charge in [-0.2, -0.15) is 0 Å². The molecule has 1 aliphatic rings. The summed E-state index contributed by atoms with van der Waals surface area (Å²) >= 11 is 0. The molecule has 0 aromatic heterocycles. The molecule has 1 fully saturated rings. The Labute approximate surface area is 206 Å². The number of carbonyl (C=O) groups is 1. The molecule has 0 aromatic rings. The van der Waals surface area contributed by atoms with Crippen molar-refractivity contribution in [3.8, 4) is 0 Å². The number of ether oxygens (including phenoxy) is 1. The van der Waals surface area contributed by atoms with Gasteiger partial charge < -0.3 is 23.1 Å². The maximum absolute atomic E-state index is 13.1. The number of aliphatic hydroxyl groups is 1. The van der Waals surface area contributed by atoms with Gasteiger partial charge in [0.2, 0.25) is 0 Å². The fourth-order valence-corrected chi connectivity index (χ4v) is 6.26. The summed E-state index contributed by atoms with van der Waals surface area (Å²) in [5.41, 5.74) is 0. The van der Waals surface area contributed by atoms with E-state index in [0.717, 1.165) is 0 Å². The smallest absolute Gasteiger partial charge is 0.337 e. The minimum atomic E-state index is -2.28. The maximum Gasteiger partial charge on any atom is 0.337 e. The van der Waals surface area contributed by atoms with Crippen molar-refractivity contribution in [3.63, 3.8) is 0 Å². The van der Waals surface area contributed by atoms with E-state index in [1.807, 2.05) is 0 Å². The third-order valence-corrected chi connectivity index (χ3v) is 21.8. The normalized spacial score (nSPS) is 24.7. The number of rotatable bonds is 8. The molecule has 0 saturated carbocycles. The molecule has 0 aromatic carbocycles. The number of cyclic esters (lactones) is 1. The molecular formula is C24H52O6Si3. The Bertz CT molecular complexity index is 686. The zero-order chi connectivity index (χ0) is 26.4. The van der Waals surface area contributed by atoms with E-state index in [4.69, 9.17) is 18.0 Å². The third kappa shape index (κ3) is 7.24. The Kier molecular flexibility index (Phi) is 9.19. The van der Waals surface area contributed by atoms with Crippen molar-refractivity contribution in [2.45, 2.75) is 141 Å². The number of aliphatic hydroxyl groups excluding tert-OH is 1. The van der Waals surface area contributed by atoms with E-state index >= 15 is 0 Å². The van der Waals surface area contributed by atoms with Crippen LogP contribution in [0.3, 0.4) is 0 Å². The summed E-state index contributed by atoms with van der Waals surface area (Å²) in [6, 6.07) is 0. The molecule has 0 unspecified atom stereocenters. The number of carbonyl (C=O) groups excluding carboxylic acids is 1. The van der Waals surface area contributed by atoms with Gasteiger partial charge in [-0.15, -0.1) is 0 Å². The molecule has 1 saturated heterocycles. The fraction of sp³-hybridized carbons (Fsp3) is 0.958. The standard InChI is InChI=1S/C24H52O6Si3/c1-22(2,3)31(10,11)27-16-17(25)18-19(29-32(12,13)23(4,5)6)20(21(26)28-18)30-33(14,15)24(7,8)9/h17-20,25H,16H2,1-15H3/t17-,18-,19-,20+/m0/s1. The topological polar surface area (TPSA) is 74.2 Å². The molecule has 6 nitrogen and oxygen atoms in total. The summed E-state index contributed by atoms with van der Waals surface area (Å²) in [5, 5.41) is 11.0. The van der Waals surface area contributed by atoms with Gasteiger partial charge >= 0.3 is 5.97 Å². The monoisotopic (exact) mass is 520 g/mol. The SMILES string of the molecule is CC(C)(C)[Si](C)(C)OC[C@H](O)[C@@H]1OC(=O)[C@H](O[Si](C)(C)C(C)(C)C)[C@H]1O[Si](C)(C)C(C)(C)C. The Morgan fingerprint density at radius 2 is 1.18 bits per heavy atom. The van der Waals surface area contributed by atoms with Gasteiger partial charge in [0.15, 0.2) is 37.2 Å². The quantitative estimate of drug-likeness (QED) is 0.309. The molecule has 33 heavy (non-hydrogen) atoms. The number of hydrogen-bond donors (Lipinski definition) is 1. The zero-order valence-corrected chi connectivity index (χ0v) is 27.0. The first-order valence-electron chi connectivity index (χ1n) is 12.2. The average molecular weight is 521 g/mol. The van der Waals surface area contributed by atoms with E-state index in [2.05, 4.69) is 102 Å². The van der Waals surface area contributed by atoms with Gasteiger partial charge in [0.1, 0.15) is 12.2 Å². The molecule has 0 bridgehead atoms. The van der Waals surface area contributed by atoms with Crippen LogP contribution in [0.4, 0.5) is 0 Å². The summed E-state index contributed by atoms with van der Waals surface area (Å²) in [7, 11) is -6.64. The van der Waals surface area contributed by atoms with Crippen LogP contribution in [-0.4, -0.2) is 67.1 Å². The van der Waals surface area contributed by atoms with Crippen molar-refractivity contribution in [1.29, 1.82) is 0 Å². The van der Waals surface area contributed by atoms with Gasteiger partial charge in [0, 0.05) is 0 Å². The van der Waals surface area contributed by atoms with Crippen LogP contribution in [0.5, 0.6) is 0 Å². The van der Waals surface area contributed by atoms with E-state index < -0.39 is 55.3 Å². The minimum absolute atomic E-state index is 0.0179. The minimum Gasteiger partial charge on any atom is -0.455 e. The van der Waals surface area contributed by atoms with E-state index in [1.54, 1.807) is 0 Å². The molecule has 1 heterocycles. The van der Waals surface area contributed by atoms with E-state index in [1.165, 1.54) is 0 Å². The highest BCUT2D eigenvalue weighted by molar-refractivity contribution is 6.75. The van der Waals surface area contributed by atoms with Crippen LogP contribution >= 0.6 is 0 Å². The molecule has 0 radical (unpaired) electrons. The first-order chi connectivity index (χ1) is 14.3. The predicted molar refractivity (Wildman–Crippen MR) is 143 cm³/mol. The predicted octanol–water partition coefficient (Wildman–Crippen LogP) is 6.08. The molecule has 4 atom stereocenters. The van der Waals surface area contributed by atoms with Crippen LogP contribution < -0.4 is 0 Å². The van der Waals surface area contributed by atoms with Crippen molar-refractivity contribution in [2.24, 2.45) is 0 Å². The Balaban J connectivity index is 3.26.